The number of nitrogens with zero attached hydrogens (tertiary/aromatic N) is 1. The summed E-state index contributed by atoms with van der Waals surface area (Å²) in [6.07, 6.45) is 0. The van der Waals surface area contributed by atoms with Crippen LogP contribution in [0.25, 0.3) is 11.3 Å². The zero-order valence-electron chi connectivity index (χ0n) is 16.2. The maximum Gasteiger partial charge on any atom is 0.277 e. The van der Waals surface area contributed by atoms with Crippen LogP contribution in [0, 0.1) is 0 Å². The molecule has 1 amide bonds. The Morgan fingerprint density at radius 2 is 1.59 bits per heavy atom. The molecule has 9 heteroatoms. The van der Waals surface area contributed by atoms with Gasteiger partial charge in [0.05, 0.1) is 39.1 Å². The van der Waals surface area contributed by atoms with Crippen molar-refractivity contribution in [3.63, 3.8) is 0 Å². The van der Waals surface area contributed by atoms with Crippen molar-refractivity contribution in [2.75, 3.05) is 33.8 Å². The van der Waals surface area contributed by atoms with Crippen LogP contribution in [0.2, 0.25) is 5.02 Å². The van der Waals surface area contributed by atoms with E-state index < -0.39 is 5.91 Å². The van der Waals surface area contributed by atoms with Gasteiger partial charge < -0.3 is 28.8 Å². The van der Waals surface area contributed by atoms with Crippen LogP contribution in [-0.4, -0.2) is 39.5 Å². The fourth-order valence-corrected chi connectivity index (χ4v) is 2.88. The van der Waals surface area contributed by atoms with Gasteiger partial charge in [0.1, 0.15) is 11.5 Å². The summed E-state index contributed by atoms with van der Waals surface area (Å²) < 4.78 is 26.3. The number of aromatic nitrogens is 1. The molecule has 152 valence electrons. The molecule has 0 saturated heterocycles. The van der Waals surface area contributed by atoms with Crippen LogP contribution >= 0.6 is 11.6 Å². The Bertz CT molecular complexity index is 1030. The van der Waals surface area contributed by atoms with Crippen molar-refractivity contribution in [2.24, 2.45) is 0 Å². The molecule has 0 aliphatic rings. The first-order valence-corrected chi connectivity index (χ1v) is 8.80. The van der Waals surface area contributed by atoms with Gasteiger partial charge in [-0.3, -0.25) is 4.79 Å². The van der Waals surface area contributed by atoms with Gasteiger partial charge >= 0.3 is 0 Å². The van der Waals surface area contributed by atoms with Gasteiger partial charge in [0.15, 0.2) is 23.0 Å². The van der Waals surface area contributed by atoms with Gasteiger partial charge in [0.2, 0.25) is 0 Å². The Hall–Kier alpha value is -3.39. The van der Waals surface area contributed by atoms with E-state index in [1.807, 2.05) is 0 Å². The minimum Gasteiger partial charge on any atom is -0.495 e. The Labute approximate surface area is 172 Å². The SMILES string of the molecule is COc1cc(NC(=O)c2cc(-c3ccc(OC)c(OC)c3)on2)c(OC)cc1Cl. The number of methoxy groups -OCH3 is 4. The van der Waals surface area contributed by atoms with Crippen LogP contribution in [0.5, 0.6) is 23.0 Å². The van der Waals surface area contributed by atoms with Gasteiger partial charge in [-0.1, -0.05) is 16.8 Å². The van der Waals surface area contributed by atoms with Crippen molar-refractivity contribution >= 4 is 23.2 Å². The first-order chi connectivity index (χ1) is 14.0. The lowest BCUT2D eigenvalue weighted by atomic mass is 10.1. The smallest absolute Gasteiger partial charge is 0.277 e. The molecule has 0 aliphatic heterocycles. The second-order valence-corrected chi connectivity index (χ2v) is 6.19. The lowest BCUT2D eigenvalue weighted by Gasteiger charge is -2.12. The average Bonchev–Trinajstić information content (AvgIpc) is 3.24. The normalized spacial score (nSPS) is 10.4. The van der Waals surface area contributed by atoms with Gasteiger partial charge in [-0.05, 0) is 18.2 Å². The van der Waals surface area contributed by atoms with Crippen LogP contribution in [0.15, 0.2) is 40.9 Å². The molecule has 0 atom stereocenters. The molecule has 0 aliphatic carbocycles. The number of benzene rings is 2. The van der Waals surface area contributed by atoms with Crippen LogP contribution in [0.3, 0.4) is 0 Å². The number of nitrogens with one attached hydrogen (secondary N) is 1. The Balaban J connectivity index is 1.85. The first kappa shape index (κ1) is 20.3. The molecule has 8 nitrogen and oxygen atoms in total. The number of rotatable bonds is 7. The molecule has 1 N–H and O–H groups in total. The van der Waals surface area contributed by atoms with E-state index in [9.17, 15) is 4.79 Å². The van der Waals surface area contributed by atoms with Crippen molar-refractivity contribution < 1.29 is 28.3 Å². The molecule has 1 aromatic heterocycles. The molecular formula is C20H19ClN2O6. The lowest BCUT2D eigenvalue weighted by molar-refractivity contribution is 0.101. The molecule has 0 unspecified atom stereocenters. The molecule has 2 aromatic carbocycles. The highest BCUT2D eigenvalue weighted by atomic mass is 35.5. The summed E-state index contributed by atoms with van der Waals surface area (Å²) in [6, 6.07) is 9.88. The predicted octanol–water partition coefficient (Wildman–Crippen LogP) is 4.28. The molecule has 0 spiro atoms. The van der Waals surface area contributed by atoms with E-state index in [0.29, 0.717) is 45.0 Å². The summed E-state index contributed by atoms with van der Waals surface area (Å²) >= 11 is 6.09. The molecule has 0 saturated carbocycles. The summed E-state index contributed by atoms with van der Waals surface area (Å²) in [5, 5.41) is 6.92. The number of ether oxygens (including phenoxy) is 4. The minimum absolute atomic E-state index is 0.0887. The molecular weight excluding hydrogens is 400 g/mol. The van der Waals surface area contributed by atoms with Crippen LogP contribution < -0.4 is 24.3 Å². The third-order valence-corrected chi connectivity index (χ3v) is 4.43. The van der Waals surface area contributed by atoms with Gasteiger partial charge in [-0.2, -0.15) is 0 Å². The molecule has 0 bridgehead atoms. The Kier molecular flexibility index (Phi) is 6.13. The summed E-state index contributed by atoms with van der Waals surface area (Å²) in [5.41, 5.74) is 1.15. The number of anilines is 1. The highest BCUT2D eigenvalue weighted by Gasteiger charge is 2.18. The zero-order chi connectivity index (χ0) is 21.0. The van der Waals surface area contributed by atoms with Crippen molar-refractivity contribution in [1.29, 1.82) is 0 Å². The largest absolute Gasteiger partial charge is 0.495 e. The number of halogens is 1. The van der Waals surface area contributed by atoms with E-state index in [-0.39, 0.29) is 5.69 Å². The molecule has 3 aromatic rings. The summed E-state index contributed by atoms with van der Waals surface area (Å²) in [4.78, 5) is 12.6. The van der Waals surface area contributed by atoms with Crippen LogP contribution in [0.1, 0.15) is 10.5 Å². The summed E-state index contributed by atoms with van der Waals surface area (Å²) in [5.74, 6) is 1.81. The van der Waals surface area contributed by atoms with Crippen LogP contribution in [-0.2, 0) is 0 Å². The quantitative estimate of drug-likeness (QED) is 0.612. The molecule has 29 heavy (non-hydrogen) atoms. The molecule has 1 heterocycles. The second-order valence-electron chi connectivity index (χ2n) is 5.79. The van der Waals surface area contributed by atoms with E-state index in [1.54, 1.807) is 37.4 Å². The van der Waals surface area contributed by atoms with E-state index >= 15 is 0 Å². The third kappa shape index (κ3) is 4.22. The summed E-state index contributed by atoms with van der Waals surface area (Å²) in [6.45, 7) is 0. The molecule has 0 fully saturated rings. The number of amides is 1. The highest BCUT2D eigenvalue weighted by molar-refractivity contribution is 6.32. The van der Waals surface area contributed by atoms with E-state index in [0.717, 1.165) is 0 Å². The maximum absolute atomic E-state index is 12.6. The van der Waals surface area contributed by atoms with E-state index in [1.165, 1.54) is 27.4 Å². The number of carbonyl (C=O) groups excluding carboxylic acids is 1. The number of hydrogen-bond acceptors (Lipinski definition) is 7. The number of hydrogen-bond donors (Lipinski definition) is 1. The maximum atomic E-state index is 12.6. The monoisotopic (exact) mass is 418 g/mol. The average molecular weight is 419 g/mol. The van der Waals surface area contributed by atoms with Crippen molar-refractivity contribution in [3.05, 3.63) is 47.1 Å². The van der Waals surface area contributed by atoms with E-state index in [2.05, 4.69) is 10.5 Å². The van der Waals surface area contributed by atoms with Crippen molar-refractivity contribution in [1.82, 2.24) is 5.16 Å². The minimum atomic E-state index is -0.483. The molecule has 3 rings (SSSR count). The fourth-order valence-electron chi connectivity index (χ4n) is 2.65. The van der Waals surface area contributed by atoms with Crippen LogP contribution in [0.4, 0.5) is 5.69 Å². The highest BCUT2D eigenvalue weighted by Crippen LogP contribution is 2.36. The standard InChI is InChI=1S/C20H19ClN2O6/c1-25-15-6-5-11(7-19(15)28-4)16-10-14(23-29-16)20(24)22-13-9-17(26-2)12(21)8-18(13)27-3/h5-10H,1-4H3,(H,22,24). The first-order valence-electron chi connectivity index (χ1n) is 8.42. The Morgan fingerprint density at radius 1 is 0.897 bits per heavy atom. The van der Waals surface area contributed by atoms with E-state index in [4.69, 9.17) is 35.1 Å². The van der Waals surface area contributed by atoms with Gasteiger partial charge in [0.25, 0.3) is 5.91 Å². The zero-order valence-corrected chi connectivity index (χ0v) is 17.0. The predicted molar refractivity (Wildman–Crippen MR) is 108 cm³/mol. The summed E-state index contributed by atoms with van der Waals surface area (Å²) in [7, 11) is 6.04. The number of carbonyl (C=O) groups is 1. The van der Waals surface area contributed by atoms with Gasteiger partial charge in [0, 0.05) is 23.8 Å². The Morgan fingerprint density at radius 3 is 2.24 bits per heavy atom. The third-order valence-electron chi connectivity index (χ3n) is 4.13. The van der Waals surface area contributed by atoms with Crippen molar-refractivity contribution in [3.8, 4) is 34.3 Å². The van der Waals surface area contributed by atoms with Gasteiger partial charge in [-0.15, -0.1) is 0 Å². The van der Waals surface area contributed by atoms with Crippen molar-refractivity contribution in [2.45, 2.75) is 0 Å². The fraction of sp³-hybridized carbons (Fsp3) is 0.200. The lowest BCUT2D eigenvalue weighted by Crippen LogP contribution is -2.13. The van der Waals surface area contributed by atoms with Gasteiger partial charge in [-0.25, -0.2) is 0 Å². The topological polar surface area (TPSA) is 92.1 Å². The molecule has 0 radical (unpaired) electrons. The second kappa shape index (κ2) is 8.74.